The summed E-state index contributed by atoms with van der Waals surface area (Å²) in [6.45, 7) is 0. The fraction of sp³-hybridized carbons (Fsp3) is 0.200. The summed E-state index contributed by atoms with van der Waals surface area (Å²) in [4.78, 5) is 0. The summed E-state index contributed by atoms with van der Waals surface area (Å²) in [7, 11) is 0. The van der Waals surface area contributed by atoms with Gasteiger partial charge in [-0.2, -0.15) is 0 Å². The molecule has 0 aromatic heterocycles. The van der Waals surface area contributed by atoms with E-state index in [1.807, 2.05) is 36.5 Å². The van der Waals surface area contributed by atoms with Gasteiger partial charge in [0.05, 0.1) is 33.4 Å². The van der Waals surface area contributed by atoms with Gasteiger partial charge in [0, 0.05) is 0 Å². The molecule has 0 N–H and O–H groups in total. The molecule has 6 heterocycles. The van der Waals surface area contributed by atoms with Gasteiger partial charge in [0.2, 0.25) is 0 Å². The summed E-state index contributed by atoms with van der Waals surface area (Å²) in [5.74, 6) is 0. The zero-order valence-corrected chi connectivity index (χ0v) is 17.2. The fourth-order valence-electron chi connectivity index (χ4n) is 4.68. The van der Waals surface area contributed by atoms with Gasteiger partial charge in [0.1, 0.15) is 36.6 Å². The Bertz CT molecular complexity index is 1050. The van der Waals surface area contributed by atoms with Gasteiger partial charge in [-0.25, -0.2) is 0 Å². The van der Waals surface area contributed by atoms with Crippen molar-refractivity contribution in [2.24, 2.45) is 0 Å². The molecule has 0 radical (unpaired) electrons. The maximum absolute atomic E-state index is 5.92. The van der Waals surface area contributed by atoms with Gasteiger partial charge < -0.3 is 14.2 Å². The van der Waals surface area contributed by atoms with E-state index in [1.54, 1.807) is 0 Å². The number of rotatable bonds is 0. The number of ether oxygens (including phenoxy) is 3. The first kappa shape index (κ1) is 18.3. The Balaban J connectivity index is 1.42. The number of fused-ring (bicyclic) bond motifs is 15. The topological polar surface area (TPSA) is 27.7 Å². The van der Waals surface area contributed by atoms with Gasteiger partial charge in [0.15, 0.2) is 0 Å². The molecule has 1 aromatic carbocycles. The van der Waals surface area contributed by atoms with E-state index in [0.717, 1.165) is 33.4 Å². The summed E-state index contributed by atoms with van der Waals surface area (Å²) < 4.78 is 17.7. The van der Waals surface area contributed by atoms with E-state index in [-0.39, 0.29) is 36.6 Å². The first-order valence-electron chi connectivity index (χ1n) is 10.6. The summed E-state index contributed by atoms with van der Waals surface area (Å²) in [5, 5.41) is 0. The van der Waals surface area contributed by atoms with E-state index < -0.39 is 0 Å². The zero-order chi connectivity index (χ0) is 21.8. The Morgan fingerprint density at radius 2 is 0.515 bits per heavy atom. The third-order valence-corrected chi connectivity index (χ3v) is 6.21. The van der Waals surface area contributed by atoms with Crippen molar-refractivity contribution in [1.29, 1.82) is 0 Å². The minimum atomic E-state index is -0.171. The Labute approximate surface area is 193 Å². The highest BCUT2D eigenvalue weighted by atomic mass is 16.5. The van der Waals surface area contributed by atoms with Gasteiger partial charge in [-0.3, -0.25) is 0 Å². The minimum absolute atomic E-state index is 0.171. The second kappa shape index (κ2) is 7.10. The molecule has 0 spiro atoms. The van der Waals surface area contributed by atoms with E-state index in [2.05, 4.69) is 72.8 Å². The van der Waals surface area contributed by atoms with Crippen LogP contribution in [0.3, 0.4) is 0 Å². The molecule has 3 nitrogen and oxygen atoms in total. The van der Waals surface area contributed by atoms with Gasteiger partial charge >= 0.3 is 0 Å². The van der Waals surface area contributed by atoms with Crippen LogP contribution in [0.5, 0.6) is 0 Å². The molecule has 33 heavy (non-hydrogen) atoms. The van der Waals surface area contributed by atoms with Crippen molar-refractivity contribution < 1.29 is 14.2 Å². The molecular formula is C30H12O3. The maximum Gasteiger partial charge on any atom is 0.111 e. The summed E-state index contributed by atoms with van der Waals surface area (Å²) in [5.41, 5.74) is 5.10. The van der Waals surface area contributed by atoms with Crippen molar-refractivity contribution >= 4 is 0 Å². The lowest BCUT2D eigenvalue weighted by atomic mass is 10.0. The fourth-order valence-corrected chi connectivity index (χ4v) is 4.68. The molecular weight excluding hydrogens is 408 g/mol. The van der Waals surface area contributed by atoms with Crippen LogP contribution < -0.4 is 0 Å². The van der Waals surface area contributed by atoms with Crippen LogP contribution in [0.1, 0.15) is 70.0 Å². The van der Waals surface area contributed by atoms with Gasteiger partial charge in [-0.1, -0.05) is 72.9 Å². The van der Waals surface area contributed by atoms with Crippen molar-refractivity contribution in [1.82, 2.24) is 0 Å². The molecule has 6 aliphatic heterocycles. The Kier molecular flexibility index (Phi) is 3.93. The maximum atomic E-state index is 5.92. The number of hydrogen-bond acceptors (Lipinski definition) is 3. The molecule has 0 amide bonds. The normalized spacial score (nSPS) is 29.5. The molecule has 0 unspecified atom stereocenters. The quantitative estimate of drug-likeness (QED) is 0.569. The monoisotopic (exact) mass is 420 g/mol. The SMILES string of the molecule is c1c#cc2c(c#cc#cc3c(c#cc#cc4c(c#1)[C@@H]1C=C[C@H]4O1)[C@@H]1C=C[C@H]3O1)[C@@H]1C=C[C@H]2O1. The molecule has 0 saturated carbocycles. The van der Waals surface area contributed by atoms with E-state index in [1.165, 1.54) is 0 Å². The largest absolute Gasteiger partial charge is 0.356 e. The average Bonchev–Trinajstić information content (AvgIpc) is 3.66. The highest BCUT2D eigenvalue weighted by Crippen LogP contribution is 2.45. The average molecular weight is 420 g/mol. The van der Waals surface area contributed by atoms with Crippen molar-refractivity contribution in [3.05, 3.63) is 143 Å². The minimum Gasteiger partial charge on any atom is -0.356 e. The third kappa shape index (κ3) is 2.88. The Hall–Kier alpha value is -4.32. The van der Waals surface area contributed by atoms with E-state index in [4.69, 9.17) is 14.2 Å². The summed E-state index contributed by atoms with van der Waals surface area (Å²) in [6, 6.07) is 36.7. The van der Waals surface area contributed by atoms with Crippen molar-refractivity contribution in [3.8, 4) is 0 Å². The Morgan fingerprint density at radius 1 is 0.333 bits per heavy atom. The van der Waals surface area contributed by atoms with Crippen LogP contribution in [0.4, 0.5) is 0 Å². The first-order chi connectivity index (χ1) is 16.3. The van der Waals surface area contributed by atoms with Crippen molar-refractivity contribution in [2.75, 3.05) is 0 Å². The Morgan fingerprint density at radius 3 is 0.697 bits per heavy atom. The lowest BCUT2D eigenvalue weighted by Crippen LogP contribution is -1.88. The molecule has 6 bridgehead atoms. The molecule has 150 valence electrons. The molecule has 7 rings (SSSR count). The van der Waals surface area contributed by atoms with Crippen LogP contribution in [0.2, 0.25) is 0 Å². The molecule has 6 aliphatic rings. The molecule has 1 aromatic rings. The summed E-state index contributed by atoms with van der Waals surface area (Å²) in [6.07, 6.45) is 11.0. The zero-order valence-electron chi connectivity index (χ0n) is 17.2. The van der Waals surface area contributed by atoms with Crippen LogP contribution in [0.15, 0.2) is 36.5 Å². The lowest BCUT2D eigenvalue weighted by molar-refractivity contribution is 0.0876. The second-order valence-electron chi connectivity index (χ2n) is 8.07. The van der Waals surface area contributed by atoms with E-state index >= 15 is 0 Å². The van der Waals surface area contributed by atoms with Crippen LogP contribution in [-0.4, -0.2) is 0 Å². The molecule has 0 aliphatic carbocycles. The van der Waals surface area contributed by atoms with Crippen molar-refractivity contribution in [3.63, 3.8) is 0 Å². The lowest BCUT2D eigenvalue weighted by Gasteiger charge is -1.97. The first-order valence-corrected chi connectivity index (χ1v) is 10.6. The standard InChI is InChI=1S/C30H12O3/c1-2-8-20-22(28-16-15-26(20)32-28)10-5-6-12-24-23(29-17-18-30(24)33-29)11-4-3-9-21-19(7-1)25-13-14-27(21)31-25/h13-18,25-30H/t25-,26+,27+,28-,29-,30+. The van der Waals surface area contributed by atoms with Gasteiger partial charge in [0.25, 0.3) is 0 Å². The number of hydrogen-bond donors (Lipinski definition) is 0. The van der Waals surface area contributed by atoms with E-state index in [0.29, 0.717) is 0 Å². The smallest absolute Gasteiger partial charge is 0.111 e. The summed E-state index contributed by atoms with van der Waals surface area (Å²) >= 11 is 0. The molecule has 6 atom stereocenters. The predicted molar refractivity (Wildman–Crippen MR) is 112 cm³/mol. The van der Waals surface area contributed by atoms with Crippen molar-refractivity contribution in [2.45, 2.75) is 36.6 Å². The molecule has 0 fully saturated rings. The van der Waals surface area contributed by atoms with Crippen LogP contribution in [0, 0.1) is 72.8 Å². The highest BCUT2D eigenvalue weighted by Gasteiger charge is 2.35. The van der Waals surface area contributed by atoms with Gasteiger partial charge in [-0.15, -0.1) is 0 Å². The van der Waals surface area contributed by atoms with Gasteiger partial charge in [-0.05, 0) is 36.4 Å². The molecule has 3 heteroatoms. The highest BCUT2D eigenvalue weighted by molar-refractivity contribution is 5.39. The van der Waals surface area contributed by atoms with Crippen LogP contribution >= 0.6 is 0 Å². The molecule has 0 saturated heterocycles. The van der Waals surface area contributed by atoms with E-state index in [9.17, 15) is 0 Å². The third-order valence-electron chi connectivity index (χ3n) is 6.21. The predicted octanol–water partition coefficient (Wildman–Crippen LogP) is 4.71. The van der Waals surface area contributed by atoms with Crippen LogP contribution in [0.25, 0.3) is 0 Å². The van der Waals surface area contributed by atoms with Crippen LogP contribution in [-0.2, 0) is 14.2 Å². The second-order valence-corrected chi connectivity index (χ2v) is 8.07.